The van der Waals surface area contributed by atoms with E-state index in [2.05, 4.69) is 5.32 Å². The van der Waals surface area contributed by atoms with Crippen LogP contribution in [-0.4, -0.2) is 17.9 Å². The molecule has 0 spiro atoms. The molecule has 0 saturated carbocycles. The van der Waals surface area contributed by atoms with E-state index in [1.807, 2.05) is 24.3 Å². The van der Waals surface area contributed by atoms with Crippen LogP contribution in [0.15, 0.2) is 66.2 Å². The number of anilines is 1. The van der Waals surface area contributed by atoms with Gasteiger partial charge in [0.15, 0.2) is 11.5 Å². The third-order valence-electron chi connectivity index (χ3n) is 4.61. The Bertz CT molecular complexity index is 1320. The number of ether oxygens (including phenoxy) is 2. The Morgan fingerprint density at radius 2 is 1.88 bits per heavy atom. The van der Waals surface area contributed by atoms with Gasteiger partial charge in [-0.3, -0.25) is 14.9 Å². The quantitative estimate of drug-likeness (QED) is 0.175. The minimum Gasteiger partial charge on any atom is -0.493 e. The first-order valence-corrected chi connectivity index (χ1v) is 10.5. The van der Waals surface area contributed by atoms with Gasteiger partial charge < -0.3 is 14.8 Å². The van der Waals surface area contributed by atoms with E-state index in [0.29, 0.717) is 22.1 Å². The van der Waals surface area contributed by atoms with Crippen LogP contribution < -0.4 is 14.8 Å². The number of benzene rings is 3. The van der Waals surface area contributed by atoms with Crippen LogP contribution in [0.25, 0.3) is 6.08 Å². The summed E-state index contributed by atoms with van der Waals surface area (Å²) in [5, 5.41) is 23.6. The molecule has 0 fully saturated rings. The lowest BCUT2D eigenvalue weighted by atomic mass is 10.1. The summed E-state index contributed by atoms with van der Waals surface area (Å²) in [4.78, 5) is 23.0. The molecule has 0 saturated heterocycles. The molecule has 0 unspecified atom stereocenters. The van der Waals surface area contributed by atoms with Gasteiger partial charge in [-0.05, 0) is 35.9 Å². The Morgan fingerprint density at radius 1 is 1.12 bits per heavy atom. The molecule has 0 aliphatic rings. The fourth-order valence-corrected chi connectivity index (χ4v) is 3.25. The van der Waals surface area contributed by atoms with Crippen molar-refractivity contribution in [3.8, 4) is 17.6 Å². The molecule has 0 radical (unpaired) electrons. The van der Waals surface area contributed by atoms with E-state index < -0.39 is 10.8 Å². The number of nitrogens with zero attached hydrogens (tertiary/aromatic N) is 2. The van der Waals surface area contributed by atoms with Crippen molar-refractivity contribution in [2.75, 3.05) is 12.4 Å². The largest absolute Gasteiger partial charge is 0.493 e. The van der Waals surface area contributed by atoms with Gasteiger partial charge in [-0.15, -0.1) is 0 Å². The summed E-state index contributed by atoms with van der Waals surface area (Å²) in [6, 6.07) is 17.6. The summed E-state index contributed by atoms with van der Waals surface area (Å²) in [6.07, 6.45) is 1.35. The van der Waals surface area contributed by atoms with Gasteiger partial charge in [0.2, 0.25) is 0 Å². The van der Waals surface area contributed by atoms with Gasteiger partial charge in [0.05, 0.1) is 22.7 Å². The smallest absolute Gasteiger partial charge is 0.271 e. The molecule has 34 heavy (non-hydrogen) atoms. The van der Waals surface area contributed by atoms with Gasteiger partial charge in [0, 0.05) is 22.7 Å². The Morgan fingerprint density at radius 3 is 2.56 bits per heavy atom. The van der Waals surface area contributed by atoms with Crippen LogP contribution in [0.4, 0.5) is 11.4 Å². The van der Waals surface area contributed by atoms with Crippen LogP contribution in [0.5, 0.6) is 11.5 Å². The van der Waals surface area contributed by atoms with Crippen molar-refractivity contribution in [1.82, 2.24) is 0 Å². The molecular weight excluding hydrogens is 481 g/mol. The number of rotatable bonds is 8. The molecule has 0 heterocycles. The summed E-state index contributed by atoms with van der Waals surface area (Å²) < 4.78 is 11.2. The Labute approximate surface area is 205 Å². The molecule has 0 aromatic heterocycles. The number of halogens is 2. The molecular formula is C24H17Cl2N3O5. The van der Waals surface area contributed by atoms with Crippen molar-refractivity contribution in [2.24, 2.45) is 0 Å². The van der Waals surface area contributed by atoms with Crippen LogP contribution in [0.1, 0.15) is 11.1 Å². The number of hydrogen-bond acceptors (Lipinski definition) is 6. The van der Waals surface area contributed by atoms with Crippen LogP contribution in [0.2, 0.25) is 10.0 Å². The summed E-state index contributed by atoms with van der Waals surface area (Å²) in [6.45, 7) is 0.181. The second-order valence-corrected chi connectivity index (χ2v) is 7.65. The van der Waals surface area contributed by atoms with Crippen molar-refractivity contribution in [1.29, 1.82) is 5.26 Å². The second kappa shape index (κ2) is 11.2. The fourth-order valence-electron chi connectivity index (χ4n) is 2.89. The molecule has 8 nitrogen and oxygen atoms in total. The summed E-state index contributed by atoms with van der Waals surface area (Å²) in [5.41, 5.74) is 0.785. The van der Waals surface area contributed by atoms with E-state index in [0.717, 1.165) is 11.6 Å². The number of carbonyl (C=O) groups is 1. The van der Waals surface area contributed by atoms with Crippen molar-refractivity contribution >= 4 is 46.6 Å². The molecule has 10 heteroatoms. The molecule has 1 N–H and O–H groups in total. The minimum absolute atomic E-state index is 0.0144. The van der Waals surface area contributed by atoms with E-state index in [1.54, 1.807) is 24.3 Å². The maximum atomic E-state index is 12.6. The van der Waals surface area contributed by atoms with Gasteiger partial charge in [0.1, 0.15) is 18.2 Å². The molecule has 3 aromatic carbocycles. The summed E-state index contributed by atoms with van der Waals surface area (Å²) in [5.74, 6) is 0.0605. The van der Waals surface area contributed by atoms with Crippen LogP contribution in [0, 0.1) is 21.4 Å². The summed E-state index contributed by atoms with van der Waals surface area (Å²) >= 11 is 12.2. The first-order valence-electron chi connectivity index (χ1n) is 9.73. The number of nitro benzene ring substituents is 1. The Hall–Kier alpha value is -4.06. The zero-order valence-corrected chi connectivity index (χ0v) is 19.3. The Balaban J connectivity index is 1.84. The van der Waals surface area contributed by atoms with Gasteiger partial charge in [-0.25, -0.2) is 0 Å². The molecule has 1 amide bonds. The Kier molecular flexibility index (Phi) is 8.09. The van der Waals surface area contributed by atoms with Crippen LogP contribution in [0.3, 0.4) is 0 Å². The van der Waals surface area contributed by atoms with Gasteiger partial charge in [-0.2, -0.15) is 5.26 Å². The van der Waals surface area contributed by atoms with Crippen molar-refractivity contribution in [3.05, 3.63) is 97.5 Å². The van der Waals surface area contributed by atoms with E-state index in [9.17, 15) is 20.2 Å². The number of nitriles is 1. The number of nitrogens with one attached hydrogen (secondary N) is 1. The van der Waals surface area contributed by atoms with E-state index in [1.165, 1.54) is 25.3 Å². The van der Waals surface area contributed by atoms with E-state index in [4.69, 9.17) is 32.7 Å². The zero-order chi connectivity index (χ0) is 24.7. The first-order chi connectivity index (χ1) is 16.3. The van der Waals surface area contributed by atoms with Crippen molar-refractivity contribution in [3.63, 3.8) is 0 Å². The van der Waals surface area contributed by atoms with Crippen LogP contribution in [-0.2, 0) is 11.4 Å². The third kappa shape index (κ3) is 6.04. The van der Waals surface area contributed by atoms with Crippen LogP contribution >= 0.6 is 23.2 Å². The molecule has 3 rings (SSSR count). The fraction of sp³-hybridized carbons (Fsp3) is 0.0833. The number of methoxy groups -OCH3 is 1. The molecule has 0 aliphatic carbocycles. The number of hydrogen-bond donors (Lipinski definition) is 1. The van der Waals surface area contributed by atoms with Gasteiger partial charge >= 0.3 is 0 Å². The first kappa shape index (κ1) is 24.6. The lowest BCUT2D eigenvalue weighted by molar-refractivity contribution is -0.384. The normalized spacial score (nSPS) is 10.8. The number of non-ortho nitro benzene ring substituents is 1. The maximum Gasteiger partial charge on any atom is 0.271 e. The highest BCUT2D eigenvalue weighted by molar-refractivity contribution is 6.34. The second-order valence-electron chi connectivity index (χ2n) is 6.84. The molecule has 3 aromatic rings. The van der Waals surface area contributed by atoms with E-state index in [-0.39, 0.29) is 28.6 Å². The van der Waals surface area contributed by atoms with Crippen molar-refractivity contribution in [2.45, 2.75) is 6.61 Å². The predicted octanol–water partition coefficient (Wildman–Crippen LogP) is 6.03. The highest BCUT2D eigenvalue weighted by Crippen LogP contribution is 2.31. The number of amides is 1. The lowest BCUT2D eigenvalue weighted by Crippen LogP contribution is -2.14. The average Bonchev–Trinajstić information content (AvgIpc) is 2.83. The van der Waals surface area contributed by atoms with Crippen molar-refractivity contribution < 1.29 is 19.2 Å². The SMILES string of the molecule is COc1ccc(/C=C(\C#N)C(=O)Nc2cc([N+](=O)[O-])ccc2Cl)cc1OCc1ccccc1Cl. The van der Waals surface area contributed by atoms with Gasteiger partial charge in [-0.1, -0.05) is 47.5 Å². The minimum atomic E-state index is -0.778. The lowest BCUT2D eigenvalue weighted by Gasteiger charge is -2.12. The van der Waals surface area contributed by atoms with E-state index >= 15 is 0 Å². The number of carbonyl (C=O) groups excluding carboxylic acids is 1. The number of nitro groups is 1. The predicted molar refractivity (Wildman–Crippen MR) is 129 cm³/mol. The maximum absolute atomic E-state index is 12.6. The average molecular weight is 498 g/mol. The standard InChI is InChI=1S/C24H17Cl2N3O5/c1-33-22-9-6-15(11-23(22)34-14-16-4-2-3-5-19(16)25)10-17(13-27)24(30)28-21-12-18(29(31)32)7-8-20(21)26/h2-12H,14H2,1H3,(H,28,30)/b17-10+. The monoisotopic (exact) mass is 497 g/mol. The summed E-state index contributed by atoms with van der Waals surface area (Å²) in [7, 11) is 1.49. The highest BCUT2D eigenvalue weighted by atomic mass is 35.5. The topological polar surface area (TPSA) is 114 Å². The molecule has 172 valence electrons. The highest BCUT2D eigenvalue weighted by Gasteiger charge is 2.16. The molecule has 0 bridgehead atoms. The third-order valence-corrected chi connectivity index (χ3v) is 5.31. The molecule has 0 atom stereocenters. The molecule has 0 aliphatic heterocycles. The van der Waals surface area contributed by atoms with Gasteiger partial charge in [0.25, 0.3) is 11.6 Å². The zero-order valence-electron chi connectivity index (χ0n) is 17.7.